The van der Waals surface area contributed by atoms with Crippen molar-refractivity contribution in [3.63, 3.8) is 0 Å². The minimum atomic E-state index is -1.11. The molecule has 1 nitrogen and oxygen atoms in total. The number of ether oxygens (including phenoxy) is 1. The van der Waals surface area contributed by atoms with E-state index < -0.39 is 17.5 Å². The van der Waals surface area contributed by atoms with Gasteiger partial charge in [-0.25, -0.2) is 13.2 Å². The Morgan fingerprint density at radius 2 is 1.71 bits per heavy atom. The van der Waals surface area contributed by atoms with Crippen LogP contribution in [0.25, 0.3) is 10.8 Å². The molecule has 3 rings (SSSR count). The van der Waals surface area contributed by atoms with E-state index in [0.29, 0.717) is 23.3 Å². The van der Waals surface area contributed by atoms with Gasteiger partial charge in [0.05, 0.1) is 12.5 Å². The van der Waals surface area contributed by atoms with Crippen LogP contribution < -0.4 is 4.74 Å². The van der Waals surface area contributed by atoms with Crippen LogP contribution in [0.4, 0.5) is 13.2 Å². The van der Waals surface area contributed by atoms with Crippen LogP contribution in [0.2, 0.25) is 0 Å². The van der Waals surface area contributed by atoms with Crippen molar-refractivity contribution in [1.29, 1.82) is 0 Å². The zero-order valence-corrected chi connectivity index (χ0v) is 14.2. The summed E-state index contributed by atoms with van der Waals surface area (Å²) in [7, 11) is 1.30. The molecule has 2 aromatic carbocycles. The van der Waals surface area contributed by atoms with Gasteiger partial charge in [-0.2, -0.15) is 0 Å². The topological polar surface area (TPSA) is 9.23 Å². The highest BCUT2D eigenvalue weighted by Crippen LogP contribution is 2.34. The summed E-state index contributed by atoms with van der Waals surface area (Å²) in [4.78, 5) is 0. The summed E-state index contributed by atoms with van der Waals surface area (Å²) in [6.07, 6.45) is 6.09. The Kier molecular flexibility index (Phi) is 5.02. The molecule has 1 aliphatic rings. The Morgan fingerprint density at radius 1 is 1.00 bits per heavy atom. The molecule has 0 aromatic heterocycles. The third-order valence-electron chi connectivity index (χ3n) is 5.34. The Bertz CT molecular complexity index is 733. The van der Waals surface area contributed by atoms with Crippen molar-refractivity contribution in [2.45, 2.75) is 45.4 Å². The van der Waals surface area contributed by atoms with E-state index in [0.717, 1.165) is 25.2 Å². The molecule has 24 heavy (non-hydrogen) atoms. The molecule has 1 saturated carbocycles. The maximum absolute atomic E-state index is 14.4. The van der Waals surface area contributed by atoms with Crippen molar-refractivity contribution in [1.82, 2.24) is 0 Å². The minimum Gasteiger partial charge on any atom is -0.494 e. The second kappa shape index (κ2) is 7.04. The molecule has 130 valence electrons. The molecule has 0 amide bonds. The van der Waals surface area contributed by atoms with Crippen LogP contribution in [0.1, 0.15) is 44.6 Å². The molecule has 0 N–H and O–H groups in total. The SMILES string of the molecule is COc1ccc2cc(CCC3CCC(C)CC3)c(F)c(F)c2c1F. The number of benzene rings is 2. The van der Waals surface area contributed by atoms with Gasteiger partial charge < -0.3 is 4.74 Å². The maximum Gasteiger partial charge on any atom is 0.175 e. The number of hydrogen-bond donors (Lipinski definition) is 0. The van der Waals surface area contributed by atoms with Gasteiger partial charge >= 0.3 is 0 Å². The number of fused-ring (bicyclic) bond motifs is 1. The molecule has 0 saturated heterocycles. The summed E-state index contributed by atoms with van der Waals surface area (Å²) < 4.78 is 47.8. The quantitative estimate of drug-likeness (QED) is 0.663. The van der Waals surface area contributed by atoms with Crippen LogP contribution >= 0.6 is 0 Å². The number of methoxy groups -OCH3 is 1. The van der Waals surface area contributed by atoms with Crippen LogP contribution in [0.5, 0.6) is 5.75 Å². The predicted molar refractivity (Wildman–Crippen MR) is 89.8 cm³/mol. The van der Waals surface area contributed by atoms with Gasteiger partial charge in [0.1, 0.15) is 0 Å². The van der Waals surface area contributed by atoms with E-state index in [1.54, 1.807) is 12.1 Å². The monoisotopic (exact) mass is 336 g/mol. The van der Waals surface area contributed by atoms with E-state index in [1.165, 1.54) is 26.0 Å². The average molecular weight is 336 g/mol. The maximum atomic E-state index is 14.4. The molecule has 1 fully saturated rings. The Morgan fingerprint density at radius 3 is 2.38 bits per heavy atom. The highest BCUT2D eigenvalue weighted by atomic mass is 19.2. The molecule has 0 radical (unpaired) electrons. The molecule has 4 heteroatoms. The van der Waals surface area contributed by atoms with Crippen molar-refractivity contribution >= 4 is 10.8 Å². The molecule has 0 spiro atoms. The number of aryl methyl sites for hydroxylation is 1. The van der Waals surface area contributed by atoms with E-state index in [4.69, 9.17) is 4.74 Å². The van der Waals surface area contributed by atoms with Crippen LogP contribution in [-0.4, -0.2) is 7.11 Å². The summed E-state index contributed by atoms with van der Waals surface area (Å²) in [6, 6.07) is 4.59. The van der Waals surface area contributed by atoms with Crippen LogP contribution in [0.15, 0.2) is 18.2 Å². The molecule has 2 aromatic rings. The fourth-order valence-electron chi connectivity index (χ4n) is 3.73. The van der Waals surface area contributed by atoms with Crippen molar-refractivity contribution in [3.05, 3.63) is 41.2 Å². The third-order valence-corrected chi connectivity index (χ3v) is 5.34. The van der Waals surface area contributed by atoms with E-state index in [9.17, 15) is 13.2 Å². The average Bonchev–Trinajstić information content (AvgIpc) is 2.58. The normalized spacial score (nSPS) is 21.2. The lowest BCUT2D eigenvalue weighted by atomic mass is 9.80. The highest BCUT2D eigenvalue weighted by Gasteiger charge is 2.21. The van der Waals surface area contributed by atoms with Gasteiger partial charge in [0, 0.05) is 0 Å². The third kappa shape index (κ3) is 3.24. The first-order chi connectivity index (χ1) is 11.5. The van der Waals surface area contributed by atoms with Crippen molar-refractivity contribution in [2.24, 2.45) is 11.8 Å². The van der Waals surface area contributed by atoms with Crippen molar-refractivity contribution in [3.8, 4) is 5.75 Å². The predicted octanol–water partition coefficient (Wildman–Crippen LogP) is 6.02. The Hall–Kier alpha value is -1.71. The fourth-order valence-corrected chi connectivity index (χ4v) is 3.73. The van der Waals surface area contributed by atoms with E-state index in [2.05, 4.69) is 6.92 Å². The smallest absolute Gasteiger partial charge is 0.175 e. The largest absolute Gasteiger partial charge is 0.494 e. The molecule has 0 heterocycles. The second-order valence-corrected chi connectivity index (χ2v) is 7.01. The van der Waals surface area contributed by atoms with Gasteiger partial charge in [-0.05, 0) is 47.8 Å². The molecule has 0 atom stereocenters. The van der Waals surface area contributed by atoms with E-state index in [1.807, 2.05) is 0 Å². The van der Waals surface area contributed by atoms with Crippen LogP contribution in [0.3, 0.4) is 0 Å². The molecule has 0 unspecified atom stereocenters. The van der Waals surface area contributed by atoms with E-state index in [-0.39, 0.29) is 11.1 Å². The zero-order chi connectivity index (χ0) is 17.3. The van der Waals surface area contributed by atoms with Gasteiger partial charge in [0.25, 0.3) is 0 Å². The first-order valence-corrected chi connectivity index (χ1v) is 8.64. The van der Waals surface area contributed by atoms with Gasteiger partial charge in [-0.1, -0.05) is 38.7 Å². The van der Waals surface area contributed by atoms with Gasteiger partial charge in [-0.3, -0.25) is 0 Å². The Balaban J connectivity index is 1.85. The van der Waals surface area contributed by atoms with Gasteiger partial charge in [0.15, 0.2) is 23.2 Å². The summed E-state index contributed by atoms with van der Waals surface area (Å²) in [5, 5.41) is 0.0431. The Labute approximate surface area is 140 Å². The lowest BCUT2D eigenvalue weighted by molar-refractivity contribution is 0.277. The fraction of sp³-hybridized carbons (Fsp3) is 0.500. The first-order valence-electron chi connectivity index (χ1n) is 8.64. The number of rotatable bonds is 4. The van der Waals surface area contributed by atoms with Crippen LogP contribution in [-0.2, 0) is 6.42 Å². The lowest BCUT2D eigenvalue weighted by Gasteiger charge is -2.26. The molecule has 0 aliphatic heterocycles. The minimum absolute atomic E-state index is 0.0788. The lowest BCUT2D eigenvalue weighted by Crippen LogP contribution is -2.13. The highest BCUT2D eigenvalue weighted by molar-refractivity contribution is 5.86. The first kappa shape index (κ1) is 17.1. The van der Waals surface area contributed by atoms with Gasteiger partial charge in [-0.15, -0.1) is 0 Å². The molecular formula is C20H23F3O. The summed E-state index contributed by atoms with van der Waals surface area (Å²) in [6.45, 7) is 2.26. The molecular weight excluding hydrogens is 313 g/mol. The standard InChI is InChI=1S/C20H23F3O/c1-12-3-5-13(6-4-12)7-8-15-11-14-9-10-16(24-2)19(22)17(14)20(23)18(15)21/h9-13H,3-8H2,1-2H3. The number of hydrogen-bond acceptors (Lipinski definition) is 1. The second-order valence-electron chi connectivity index (χ2n) is 7.01. The van der Waals surface area contributed by atoms with Crippen molar-refractivity contribution in [2.75, 3.05) is 7.11 Å². The summed E-state index contributed by atoms with van der Waals surface area (Å²) in [5.41, 5.74) is 0.336. The molecule has 1 aliphatic carbocycles. The van der Waals surface area contributed by atoms with Crippen molar-refractivity contribution < 1.29 is 17.9 Å². The van der Waals surface area contributed by atoms with Gasteiger partial charge in [0.2, 0.25) is 0 Å². The van der Waals surface area contributed by atoms with Crippen LogP contribution in [0, 0.1) is 29.3 Å². The van der Waals surface area contributed by atoms with E-state index >= 15 is 0 Å². The summed E-state index contributed by atoms with van der Waals surface area (Å²) in [5.74, 6) is -1.62. The molecule has 0 bridgehead atoms. The number of halogens is 3. The summed E-state index contributed by atoms with van der Waals surface area (Å²) >= 11 is 0. The zero-order valence-electron chi connectivity index (χ0n) is 14.2.